The summed E-state index contributed by atoms with van der Waals surface area (Å²) in [6.45, 7) is 1.73. The van der Waals surface area contributed by atoms with Gasteiger partial charge in [-0.15, -0.1) is 0 Å². The van der Waals surface area contributed by atoms with Crippen LogP contribution in [-0.2, 0) is 0 Å². The van der Waals surface area contributed by atoms with E-state index >= 15 is 0 Å². The van der Waals surface area contributed by atoms with Crippen molar-refractivity contribution in [3.8, 4) is 5.75 Å². The molecule has 5 nitrogen and oxygen atoms in total. The maximum absolute atomic E-state index is 5.70. The maximum atomic E-state index is 5.70. The standard InChI is InChI=1S/C16H19N3O2/c1-2-7-14-11(5-1)12(8-10-20-14)15-18-16(21-19-15)13-6-3-4-9-17-13/h1-2,5,7,12-13,17H,3-4,6,8-10H2/t12?,13-/m1/s1. The average molecular weight is 285 g/mol. The van der Waals surface area contributed by atoms with Gasteiger partial charge in [-0.05, 0) is 31.9 Å². The van der Waals surface area contributed by atoms with E-state index in [0.717, 1.165) is 42.4 Å². The summed E-state index contributed by atoms with van der Waals surface area (Å²) in [6, 6.07) is 8.34. The van der Waals surface area contributed by atoms with Gasteiger partial charge in [-0.2, -0.15) is 4.98 Å². The number of hydrogen-bond donors (Lipinski definition) is 1. The predicted octanol–water partition coefficient (Wildman–Crippen LogP) is 2.80. The highest BCUT2D eigenvalue weighted by Crippen LogP contribution is 2.37. The Morgan fingerprint density at radius 1 is 1.14 bits per heavy atom. The fraction of sp³-hybridized carbons (Fsp3) is 0.500. The van der Waals surface area contributed by atoms with Gasteiger partial charge in [-0.25, -0.2) is 0 Å². The zero-order valence-corrected chi connectivity index (χ0v) is 11.9. The topological polar surface area (TPSA) is 60.2 Å². The van der Waals surface area contributed by atoms with Gasteiger partial charge in [0.15, 0.2) is 5.82 Å². The van der Waals surface area contributed by atoms with Gasteiger partial charge in [0, 0.05) is 5.56 Å². The molecule has 0 bridgehead atoms. The summed E-state index contributed by atoms with van der Waals surface area (Å²) >= 11 is 0. The number of piperidine rings is 1. The van der Waals surface area contributed by atoms with E-state index in [4.69, 9.17) is 9.26 Å². The van der Waals surface area contributed by atoms with Gasteiger partial charge in [0.1, 0.15) is 5.75 Å². The summed E-state index contributed by atoms with van der Waals surface area (Å²) < 4.78 is 11.2. The van der Waals surface area contributed by atoms with Crippen LogP contribution in [0.5, 0.6) is 5.75 Å². The van der Waals surface area contributed by atoms with Crippen LogP contribution in [0.1, 0.15) is 54.9 Å². The third-order valence-corrected chi connectivity index (χ3v) is 4.34. The number of fused-ring (bicyclic) bond motifs is 1. The summed E-state index contributed by atoms with van der Waals surface area (Å²) in [5.41, 5.74) is 1.16. The first kappa shape index (κ1) is 12.8. The van der Waals surface area contributed by atoms with E-state index in [0.29, 0.717) is 6.61 Å². The van der Waals surface area contributed by atoms with Crippen molar-refractivity contribution in [2.75, 3.05) is 13.2 Å². The van der Waals surface area contributed by atoms with Crippen molar-refractivity contribution in [1.82, 2.24) is 15.5 Å². The van der Waals surface area contributed by atoms with Crippen molar-refractivity contribution in [1.29, 1.82) is 0 Å². The van der Waals surface area contributed by atoms with Crippen LogP contribution in [0.2, 0.25) is 0 Å². The molecule has 2 aromatic rings. The van der Waals surface area contributed by atoms with Crippen LogP contribution in [0.15, 0.2) is 28.8 Å². The Labute approximate surface area is 123 Å². The molecule has 21 heavy (non-hydrogen) atoms. The number of nitrogens with one attached hydrogen (secondary N) is 1. The van der Waals surface area contributed by atoms with Gasteiger partial charge >= 0.3 is 0 Å². The van der Waals surface area contributed by atoms with Crippen molar-refractivity contribution < 1.29 is 9.26 Å². The van der Waals surface area contributed by atoms with Crippen molar-refractivity contribution in [2.24, 2.45) is 0 Å². The molecule has 0 saturated carbocycles. The second kappa shape index (κ2) is 5.48. The Hall–Kier alpha value is -1.88. The lowest BCUT2D eigenvalue weighted by molar-refractivity contribution is 0.270. The molecular formula is C16H19N3O2. The molecule has 0 spiro atoms. The summed E-state index contributed by atoms with van der Waals surface area (Å²) in [7, 11) is 0. The zero-order chi connectivity index (χ0) is 14.1. The summed E-state index contributed by atoms with van der Waals surface area (Å²) in [4.78, 5) is 4.66. The first-order valence-corrected chi connectivity index (χ1v) is 7.70. The van der Waals surface area contributed by atoms with Crippen molar-refractivity contribution >= 4 is 0 Å². The molecule has 2 aliphatic heterocycles. The minimum atomic E-state index is 0.177. The van der Waals surface area contributed by atoms with Gasteiger partial charge in [0.05, 0.1) is 18.6 Å². The molecule has 1 aromatic carbocycles. The largest absolute Gasteiger partial charge is 0.493 e. The highest BCUT2D eigenvalue weighted by atomic mass is 16.5. The molecule has 1 saturated heterocycles. The van der Waals surface area contributed by atoms with Gasteiger partial charge < -0.3 is 14.6 Å². The van der Waals surface area contributed by atoms with E-state index in [-0.39, 0.29) is 12.0 Å². The number of aromatic nitrogens is 2. The molecule has 2 atom stereocenters. The number of ether oxygens (including phenoxy) is 1. The molecular weight excluding hydrogens is 266 g/mol. The van der Waals surface area contributed by atoms with Crippen LogP contribution in [0, 0.1) is 0 Å². The van der Waals surface area contributed by atoms with Crippen LogP contribution in [0.25, 0.3) is 0 Å². The van der Waals surface area contributed by atoms with Crippen molar-refractivity contribution in [3.63, 3.8) is 0 Å². The SMILES string of the molecule is c1ccc2c(c1)OCCC2c1noc([C@H]2CCCCN2)n1. The molecule has 0 aliphatic carbocycles. The van der Waals surface area contributed by atoms with E-state index in [1.165, 1.54) is 12.8 Å². The number of para-hydroxylation sites is 1. The van der Waals surface area contributed by atoms with Gasteiger partial charge in [0.2, 0.25) is 5.89 Å². The molecule has 0 radical (unpaired) electrons. The van der Waals surface area contributed by atoms with Gasteiger partial charge in [-0.1, -0.05) is 29.8 Å². The first-order valence-electron chi connectivity index (χ1n) is 7.70. The van der Waals surface area contributed by atoms with E-state index < -0.39 is 0 Å². The van der Waals surface area contributed by atoms with Crippen molar-refractivity contribution in [3.05, 3.63) is 41.5 Å². The Bertz CT molecular complexity index is 619. The lowest BCUT2D eigenvalue weighted by Crippen LogP contribution is -2.27. The molecule has 1 aromatic heterocycles. The fourth-order valence-electron chi connectivity index (χ4n) is 3.20. The lowest BCUT2D eigenvalue weighted by Gasteiger charge is -2.23. The molecule has 110 valence electrons. The fourth-order valence-corrected chi connectivity index (χ4v) is 3.20. The monoisotopic (exact) mass is 285 g/mol. The lowest BCUT2D eigenvalue weighted by atomic mass is 9.92. The first-order chi connectivity index (χ1) is 10.4. The minimum Gasteiger partial charge on any atom is -0.493 e. The number of rotatable bonds is 2. The minimum absolute atomic E-state index is 0.177. The smallest absolute Gasteiger partial charge is 0.243 e. The molecule has 2 aliphatic rings. The zero-order valence-electron chi connectivity index (χ0n) is 11.9. The maximum Gasteiger partial charge on any atom is 0.243 e. The summed E-state index contributed by atoms with van der Waals surface area (Å²) in [5.74, 6) is 2.63. The second-order valence-electron chi connectivity index (χ2n) is 5.72. The molecule has 1 fully saturated rings. The number of hydrogen-bond acceptors (Lipinski definition) is 5. The second-order valence-corrected chi connectivity index (χ2v) is 5.72. The van der Waals surface area contributed by atoms with E-state index in [9.17, 15) is 0 Å². The van der Waals surface area contributed by atoms with Crippen LogP contribution in [0.3, 0.4) is 0 Å². The molecule has 3 heterocycles. The number of nitrogens with zero attached hydrogens (tertiary/aromatic N) is 2. The normalized spacial score (nSPS) is 25.1. The van der Waals surface area contributed by atoms with Gasteiger partial charge in [0.25, 0.3) is 0 Å². The Morgan fingerprint density at radius 3 is 3.00 bits per heavy atom. The van der Waals surface area contributed by atoms with Crippen LogP contribution in [-0.4, -0.2) is 23.3 Å². The Kier molecular flexibility index (Phi) is 3.35. The highest BCUT2D eigenvalue weighted by Gasteiger charge is 2.28. The van der Waals surface area contributed by atoms with Crippen molar-refractivity contribution in [2.45, 2.75) is 37.6 Å². The quantitative estimate of drug-likeness (QED) is 0.919. The van der Waals surface area contributed by atoms with Gasteiger partial charge in [-0.3, -0.25) is 0 Å². The van der Waals surface area contributed by atoms with Crippen LogP contribution < -0.4 is 10.1 Å². The number of benzene rings is 1. The molecule has 1 unspecified atom stereocenters. The average Bonchev–Trinajstić information content (AvgIpc) is 3.05. The summed E-state index contributed by atoms with van der Waals surface area (Å²) in [5, 5.41) is 7.68. The Balaban J connectivity index is 1.61. The van der Waals surface area contributed by atoms with E-state index in [1.54, 1.807) is 0 Å². The third-order valence-electron chi connectivity index (χ3n) is 4.34. The molecule has 0 amide bonds. The van der Waals surface area contributed by atoms with Crippen LogP contribution >= 0.6 is 0 Å². The predicted molar refractivity (Wildman–Crippen MR) is 77.3 cm³/mol. The highest BCUT2D eigenvalue weighted by molar-refractivity contribution is 5.40. The Morgan fingerprint density at radius 2 is 2.10 bits per heavy atom. The molecule has 1 N–H and O–H groups in total. The molecule has 5 heteroatoms. The molecule has 4 rings (SSSR count). The third kappa shape index (κ3) is 2.42. The van der Waals surface area contributed by atoms with E-state index in [1.807, 2.05) is 18.2 Å². The van der Waals surface area contributed by atoms with Crippen LogP contribution in [0.4, 0.5) is 0 Å². The summed E-state index contributed by atoms with van der Waals surface area (Å²) in [6.07, 6.45) is 4.42. The van der Waals surface area contributed by atoms with E-state index in [2.05, 4.69) is 21.5 Å².